The lowest BCUT2D eigenvalue weighted by atomic mass is 9.79. The van der Waals surface area contributed by atoms with Gasteiger partial charge in [0.05, 0.1) is 12.0 Å². The average Bonchev–Trinajstić information content (AvgIpc) is 3.36. The number of ether oxygens (including phenoxy) is 1. The highest BCUT2D eigenvalue weighted by Crippen LogP contribution is 2.48. The van der Waals surface area contributed by atoms with Crippen LogP contribution in [0.1, 0.15) is 31.2 Å². The zero-order valence-corrected chi connectivity index (χ0v) is 15.3. The van der Waals surface area contributed by atoms with Gasteiger partial charge in [-0.05, 0) is 50.8 Å². The Hall–Kier alpha value is -1.10. The maximum Gasteiger partial charge on any atom is 0.226 e. The number of piperidine rings is 1. The number of hydrogen-bond acceptors (Lipinski definition) is 3. The molecule has 5 heteroatoms. The topological polar surface area (TPSA) is 50.4 Å². The van der Waals surface area contributed by atoms with Crippen LogP contribution in [0, 0.1) is 10.8 Å². The molecule has 1 aromatic rings. The molecule has 0 radical (unpaired) electrons. The molecule has 0 aromatic heterocycles. The van der Waals surface area contributed by atoms with E-state index < -0.39 is 0 Å². The molecule has 134 valence electrons. The molecule has 0 spiro atoms. The van der Waals surface area contributed by atoms with Crippen molar-refractivity contribution in [1.82, 2.24) is 10.6 Å². The van der Waals surface area contributed by atoms with Gasteiger partial charge in [0, 0.05) is 19.1 Å². The lowest BCUT2D eigenvalue weighted by Crippen LogP contribution is -2.48. The molecule has 0 unspecified atom stereocenters. The summed E-state index contributed by atoms with van der Waals surface area (Å²) < 4.78 is 5.43. The summed E-state index contributed by atoms with van der Waals surface area (Å²) >= 11 is 0. The van der Waals surface area contributed by atoms with Gasteiger partial charge in [-0.3, -0.25) is 4.79 Å². The summed E-state index contributed by atoms with van der Waals surface area (Å²) in [6.07, 6.45) is 5.00. The highest BCUT2D eigenvalue weighted by Gasteiger charge is 2.50. The van der Waals surface area contributed by atoms with Gasteiger partial charge in [-0.25, -0.2) is 0 Å². The molecule has 1 heterocycles. The van der Waals surface area contributed by atoms with Crippen molar-refractivity contribution < 1.29 is 9.53 Å². The molecular formula is C19H29ClN2O2. The summed E-state index contributed by atoms with van der Waals surface area (Å²) in [5.41, 5.74) is 1.19. The van der Waals surface area contributed by atoms with Crippen LogP contribution >= 0.6 is 12.4 Å². The van der Waals surface area contributed by atoms with E-state index in [1.54, 1.807) is 7.11 Å². The van der Waals surface area contributed by atoms with Gasteiger partial charge < -0.3 is 15.4 Å². The van der Waals surface area contributed by atoms with Crippen LogP contribution in [0.4, 0.5) is 0 Å². The highest BCUT2D eigenvalue weighted by molar-refractivity contribution is 5.86. The summed E-state index contributed by atoms with van der Waals surface area (Å²) in [6, 6.07) is 10.4. The molecule has 1 saturated heterocycles. The standard InChI is InChI=1S/C19H28N2O2.ClH/c1-23-15-18(9-11-20-12-10-18)14-21-17(22)19(7-8-19)13-16-5-3-2-4-6-16;/h2-6,20H,7-15H2,1H3,(H,21,22);1H. The fraction of sp³-hybridized carbons (Fsp3) is 0.632. The third-order valence-electron chi connectivity index (χ3n) is 5.46. The van der Waals surface area contributed by atoms with E-state index in [4.69, 9.17) is 4.74 Å². The molecule has 1 saturated carbocycles. The number of carbonyl (C=O) groups excluding carboxylic acids is 1. The van der Waals surface area contributed by atoms with Crippen LogP contribution in [0.15, 0.2) is 30.3 Å². The number of amides is 1. The molecule has 2 N–H and O–H groups in total. The Labute approximate surface area is 151 Å². The van der Waals surface area contributed by atoms with Crippen LogP contribution in [0.25, 0.3) is 0 Å². The Kier molecular flexibility index (Phi) is 6.67. The molecule has 24 heavy (non-hydrogen) atoms. The van der Waals surface area contributed by atoms with E-state index in [1.165, 1.54) is 5.56 Å². The van der Waals surface area contributed by atoms with Crippen molar-refractivity contribution in [3.05, 3.63) is 35.9 Å². The van der Waals surface area contributed by atoms with Crippen molar-refractivity contribution in [2.75, 3.05) is 33.4 Å². The zero-order valence-electron chi connectivity index (χ0n) is 14.5. The van der Waals surface area contributed by atoms with Crippen LogP contribution in [0.5, 0.6) is 0 Å². The first-order valence-electron chi connectivity index (χ1n) is 8.70. The second-order valence-corrected chi connectivity index (χ2v) is 7.31. The quantitative estimate of drug-likeness (QED) is 0.793. The van der Waals surface area contributed by atoms with E-state index in [0.29, 0.717) is 0 Å². The Morgan fingerprint density at radius 2 is 1.83 bits per heavy atom. The molecule has 1 amide bonds. The first-order chi connectivity index (χ1) is 11.2. The fourth-order valence-electron chi connectivity index (χ4n) is 3.71. The van der Waals surface area contributed by atoms with Gasteiger partial charge >= 0.3 is 0 Å². The van der Waals surface area contributed by atoms with Crippen molar-refractivity contribution in [3.8, 4) is 0 Å². The van der Waals surface area contributed by atoms with Crippen LogP contribution in [-0.4, -0.2) is 39.3 Å². The number of nitrogens with one attached hydrogen (secondary N) is 2. The number of methoxy groups -OCH3 is 1. The van der Waals surface area contributed by atoms with E-state index in [-0.39, 0.29) is 29.1 Å². The van der Waals surface area contributed by atoms with Crippen LogP contribution in [0.3, 0.4) is 0 Å². The minimum absolute atomic E-state index is 0. The summed E-state index contributed by atoms with van der Waals surface area (Å²) in [6.45, 7) is 3.47. The van der Waals surface area contributed by atoms with Crippen molar-refractivity contribution in [2.24, 2.45) is 10.8 Å². The third-order valence-corrected chi connectivity index (χ3v) is 5.46. The van der Waals surface area contributed by atoms with Crippen molar-refractivity contribution in [3.63, 3.8) is 0 Å². The third kappa shape index (κ3) is 4.50. The number of halogens is 1. The number of rotatable bonds is 7. The van der Waals surface area contributed by atoms with Gasteiger partial charge in [0.1, 0.15) is 0 Å². The van der Waals surface area contributed by atoms with Gasteiger partial charge in [-0.2, -0.15) is 0 Å². The summed E-state index contributed by atoms with van der Waals surface area (Å²) in [5, 5.41) is 6.65. The van der Waals surface area contributed by atoms with Crippen LogP contribution in [-0.2, 0) is 16.0 Å². The minimum Gasteiger partial charge on any atom is -0.384 e. The van der Waals surface area contributed by atoms with E-state index in [9.17, 15) is 4.79 Å². The maximum atomic E-state index is 12.8. The molecule has 2 aliphatic rings. The van der Waals surface area contributed by atoms with Crippen molar-refractivity contribution >= 4 is 18.3 Å². The smallest absolute Gasteiger partial charge is 0.226 e. The van der Waals surface area contributed by atoms with Gasteiger partial charge in [0.25, 0.3) is 0 Å². The van der Waals surface area contributed by atoms with Gasteiger partial charge in [0.2, 0.25) is 5.91 Å². The molecular weight excluding hydrogens is 324 g/mol. The van der Waals surface area contributed by atoms with E-state index >= 15 is 0 Å². The second-order valence-electron chi connectivity index (χ2n) is 7.31. The van der Waals surface area contributed by atoms with E-state index in [0.717, 1.165) is 58.3 Å². The lowest BCUT2D eigenvalue weighted by molar-refractivity contribution is -0.127. The number of benzene rings is 1. The Morgan fingerprint density at radius 3 is 2.42 bits per heavy atom. The van der Waals surface area contributed by atoms with Crippen molar-refractivity contribution in [2.45, 2.75) is 32.1 Å². The SMILES string of the molecule is COCC1(CNC(=O)C2(Cc3ccccc3)CC2)CCNCC1.Cl. The molecule has 1 aliphatic carbocycles. The van der Waals surface area contributed by atoms with E-state index in [2.05, 4.69) is 22.8 Å². The molecule has 0 bridgehead atoms. The first-order valence-corrected chi connectivity index (χ1v) is 8.70. The molecule has 2 fully saturated rings. The predicted molar refractivity (Wildman–Crippen MR) is 98.5 cm³/mol. The molecule has 0 atom stereocenters. The minimum atomic E-state index is -0.164. The van der Waals surface area contributed by atoms with Gasteiger partial charge in [0.15, 0.2) is 0 Å². The predicted octanol–water partition coefficient (Wildman–Crippen LogP) is 2.56. The Morgan fingerprint density at radius 1 is 1.17 bits per heavy atom. The summed E-state index contributed by atoms with van der Waals surface area (Å²) in [4.78, 5) is 12.8. The molecule has 4 nitrogen and oxygen atoms in total. The first kappa shape index (κ1) is 19.2. The molecule has 1 aliphatic heterocycles. The monoisotopic (exact) mass is 352 g/mol. The molecule has 1 aromatic carbocycles. The Balaban J connectivity index is 0.00000208. The summed E-state index contributed by atoms with van der Waals surface area (Å²) in [5.74, 6) is 0.232. The average molecular weight is 353 g/mol. The fourth-order valence-corrected chi connectivity index (χ4v) is 3.71. The van der Waals surface area contributed by atoms with Crippen LogP contribution < -0.4 is 10.6 Å². The van der Waals surface area contributed by atoms with Gasteiger partial charge in [-0.1, -0.05) is 30.3 Å². The summed E-state index contributed by atoms with van der Waals surface area (Å²) in [7, 11) is 1.75. The van der Waals surface area contributed by atoms with Crippen molar-refractivity contribution in [1.29, 1.82) is 0 Å². The second kappa shape index (κ2) is 8.32. The van der Waals surface area contributed by atoms with Gasteiger partial charge in [-0.15, -0.1) is 12.4 Å². The molecule has 3 rings (SSSR count). The number of carbonyl (C=O) groups is 1. The zero-order chi connectivity index (χ0) is 16.2. The highest BCUT2D eigenvalue weighted by atomic mass is 35.5. The lowest BCUT2D eigenvalue weighted by Gasteiger charge is -2.37. The van der Waals surface area contributed by atoms with Crippen LogP contribution in [0.2, 0.25) is 0 Å². The largest absolute Gasteiger partial charge is 0.384 e. The number of hydrogen-bond donors (Lipinski definition) is 2. The maximum absolute atomic E-state index is 12.8. The normalized spacial score (nSPS) is 20.7. The Bertz CT molecular complexity index is 520. The van der Waals surface area contributed by atoms with E-state index in [1.807, 2.05) is 18.2 Å².